The molecule has 0 saturated carbocycles. The van der Waals surface area contributed by atoms with Crippen molar-refractivity contribution >= 4 is 11.9 Å². The molecule has 0 bridgehead atoms. The Hall–Kier alpha value is -2.04. The smallest absolute Gasteiger partial charge is 0.326 e. The lowest BCUT2D eigenvalue weighted by atomic mass is 9.96. The van der Waals surface area contributed by atoms with Crippen LogP contribution in [0.2, 0.25) is 0 Å². The van der Waals surface area contributed by atoms with Gasteiger partial charge in [-0.05, 0) is 18.6 Å². The molecule has 1 aliphatic rings. The van der Waals surface area contributed by atoms with E-state index in [0.717, 1.165) is 5.56 Å². The molecule has 2 rings (SSSR count). The Morgan fingerprint density at radius 3 is 2.94 bits per heavy atom. The first kappa shape index (κ1) is 12.4. The van der Waals surface area contributed by atoms with Crippen molar-refractivity contribution in [1.82, 2.24) is 0 Å². The quantitative estimate of drug-likeness (QED) is 0.460. The van der Waals surface area contributed by atoms with Crippen molar-refractivity contribution in [3.8, 4) is 11.5 Å². The Morgan fingerprint density at radius 2 is 2.28 bits per heavy atom. The molecule has 1 aromatic carbocycles. The van der Waals surface area contributed by atoms with Gasteiger partial charge in [0.2, 0.25) is 0 Å². The molecule has 0 radical (unpaired) electrons. The Morgan fingerprint density at radius 1 is 1.50 bits per heavy atom. The molecule has 0 saturated heterocycles. The Bertz CT molecular complexity index is 480. The van der Waals surface area contributed by atoms with E-state index in [-0.39, 0.29) is 6.61 Å². The first-order valence-electron chi connectivity index (χ1n) is 5.71. The SMILES string of the molecule is CCOC(=O)C1Cc2ccc(OC)cc2OC1=O. The molecule has 1 aliphatic heterocycles. The predicted octanol–water partition coefficient (Wildman–Crippen LogP) is 1.34. The average Bonchev–Trinajstić information content (AvgIpc) is 2.37. The third-order valence-corrected chi connectivity index (χ3v) is 2.76. The number of rotatable bonds is 3. The van der Waals surface area contributed by atoms with E-state index in [4.69, 9.17) is 14.2 Å². The highest BCUT2D eigenvalue weighted by Crippen LogP contribution is 2.31. The van der Waals surface area contributed by atoms with Gasteiger partial charge in [-0.15, -0.1) is 0 Å². The maximum atomic E-state index is 11.7. The summed E-state index contributed by atoms with van der Waals surface area (Å²) in [7, 11) is 1.54. The van der Waals surface area contributed by atoms with Crippen LogP contribution >= 0.6 is 0 Å². The molecule has 18 heavy (non-hydrogen) atoms. The molecule has 1 atom stereocenters. The van der Waals surface area contributed by atoms with Gasteiger partial charge < -0.3 is 14.2 Å². The van der Waals surface area contributed by atoms with Gasteiger partial charge in [0.05, 0.1) is 13.7 Å². The van der Waals surface area contributed by atoms with Crippen LogP contribution in [-0.4, -0.2) is 25.7 Å². The molecule has 0 aromatic heterocycles. The number of esters is 2. The third kappa shape index (κ3) is 2.30. The zero-order valence-electron chi connectivity index (χ0n) is 10.3. The van der Waals surface area contributed by atoms with E-state index in [1.807, 2.05) is 0 Å². The first-order valence-corrected chi connectivity index (χ1v) is 5.71. The molecule has 0 N–H and O–H groups in total. The van der Waals surface area contributed by atoms with Crippen LogP contribution in [0.4, 0.5) is 0 Å². The van der Waals surface area contributed by atoms with Crippen molar-refractivity contribution in [3.05, 3.63) is 23.8 Å². The largest absolute Gasteiger partial charge is 0.497 e. The molecular weight excluding hydrogens is 236 g/mol. The van der Waals surface area contributed by atoms with Crippen LogP contribution in [0.15, 0.2) is 18.2 Å². The fourth-order valence-corrected chi connectivity index (χ4v) is 1.83. The van der Waals surface area contributed by atoms with Gasteiger partial charge >= 0.3 is 11.9 Å². The summed E-state index contributed by atoms with van der Waals surface area (Å²) >= 11 is 0. The molecule has 5 heteroatoms. The maximum absolute atomic E-state index is 11.7. The van der Waals surface area contributed by atoms with E-state index < -0.39 is 17.9 Å². The summed E-state index contributed by atoms with van der Waals surface area (Å²) in [5.41, 5.74) is 0.799. The average molecular weight is 250 g/mol. The summed E-state index contributed by atoms with van der Waals surface area (Å²) in [5, 5.41) is 0. The number of fused-ring (bicyclic) bond motifs is 1. The molecule has 1 heterocycles. The van der Waals surface area contributed by atoms with Gasteiger partial charge in [0.1, 0.15) is 11.5 Å². The highest BCUT2D eigenvalue weighted by Gasteiger charge is 2.35. The van der Waals surface area contributed by atoms with Crippen LogP contribution in [0, 0.1) is 5.92 Å². The second-order valence-corrected chi connectivity index (χ2v) is 3.90. The van der Waals surface area contributed by atoms with E-state index in [9.17, 15) is 9.59 Å². The third-order valence-electron chi connectivity index (χ3n) is 2.76. The lowest BCUT2D eigenvalue weighted by Crippen LogP contribution is -2.35. The van der Waals surface area contributed by atoms with Crippen molar-refractivity contribution in [1.29, 1.82) is 0 Å². The lowest BCUT2D eigenvalue weighted by molar-refractivity contribution is -0.157. The van der Waals surface area contributed by atoms with Crippen molar-refractivity contribution in [2.75, 3.05) is 13.7 Å². The van der Waals surface area contributed by atoms with E-state index in [1.165, 1.54) is 7.11 Å². The number of hydrogen-bond donors (Lipinski definition) is 0. The number of methoxy groups -OCH3 is 1. The molecule has 5 nitrogen and oxygen atoms in total. The molecule has 0 spiro atoms. The molecule has 0 amide bonds. The molecule has 1 unspecified atom stereocenters. The van der Waals surface area contributed by atoms with Gasteiger partial charge in [-0.3, -0.25) is 9.59 Å². The number of carbonyl (C=O) groups excluding carboxylic acids is 2. The lowest BCUT2D eigenvalue weighted by Gasteiger charge is -2.22. The van der Waals surface area contributed by atoms with Crippen molar-refractivity contribution < 1.29 is 23.8 Å². The summed E-state index contributed by atoms with van der Waals surface area (Å²) < 4.78 is 15.0. The zero-order valence-corrected chi connectivity index (χ0v) is 10.3. The number of carbonyl (C=O) groups is 2. The van der Waals surface area contributed by atoms with Gasteiger partial charge in [-0.25, -0.2) is 0 Å². The minimum atomic E-state index is -0.870. The van der Waals surface area contributed by atoms with Crippen LogP contribution in [0.1, 0.15) is 12.5 Å². The Labute approximate surface area is 105 Å². The first-order chi connectivity index (χ1) is 8.65. The summed E-state index contributed by atoms with van der Waals surface area (Å²) in [6.07, 6.45) is 0.303. The van der Waals surface area contributed by atoms with E-state index in [2.05, 4.69) is 0 Å². The maximum Gasteiger partial charge on any atom is 0.326 e. The fourth-order valence-electron chi connectivity index (χ4n) is 1.83. The summed E-state index contributed by atoms with van der Waals surface area (Å²) in [5.74, 6) is -0.931. The van der Waals surface area contributed by atoms with Crippen molar-refractivity contribution in [2.45, 2.75) is 13.3 Å². The zero-order chi connectivity index (χ0) is 13.1. The summed E-state index contributed by atoms with van der Waals surface area (Å²) in [6, 6.07) is 5.18. The minimum absolute atomic E-state index is 0.248. The number of hydrogen-bond acceptors (Lipinski definition) is 5. The van der Waals surface area contributed by atoms with Gasteiger partial charge in [0, 0.05) is 12.5 Å². The molecule has 96 valence electrons. The fraction of sp³-hybridized carbons (Fsp3) is 0.385. The van der Waals surface area contributed by atoms with Gasteiger partial charge in [0.25, 0.3) is 0 Å². The number of benzene rings is 1. The Kier molecular flexibility index (Phi) is 3.50. The normalized spacial score (nSPS) is 17.7. The highest BCUT2D eigenvalue weighted by atomic mass is 16.6. The second-order valence-electron chi connectivity index (χ2n) is 3.90. The van der Waals surface area contributed by atoms with E-state index >= 15 is 0 Å². The second kappa shape index (κ2) is 5.08. The van der Waals surface area contributed by atoms with Gasteiger partial charge in [-0.2, -0.15) is 0 Å². The minimum Gasteiger partial charge on any atom is -0.497 e. The molecule has 1 aromatic rings. The predicted molar refractivity (Wildman–Crippen MR) is 62.5 cm³/mol. The molecule has 0 fully saturated rings. The van der Waals surface area contributed by atoms with Crippen LogP contribution < -0.4 is 9.47 Å². The van der Waals surface area contributed by atoms with Gasteiger partial charge in [0.15, 0.2) is 5.92 Å². The van der Waals surface area contributed by atoms with Crippen molar-refractivity contribution in [2.24, 2.45) is 5.92 Å². The van der Waals surface area contributed by atoms with E-state index in [1.54, 1.807) is 25.1 Å². The summed E-state index contributed by atoms with van der Waals surface area (Å²) in [4.78, 5) is 23.3. The molecular formula is C13H14O5. The number of ether oxygens (including phenoxy) is 3. The monoisotopic (exact) mass is 250 g/mol. The Balaban J connectivity index is 2.23. The highest BCUT2D eigenvalue weighted by molar-refractivity contribution is 5.97. The van der Waals surface area contributed by atoms with Gasteiger partial charge in [-0.1, -0.05) is 6.07 Å². The summed E-state index contributed by atoms with van der Waals surface area (Å²) in [6.45, 7) is 1.95. The standard InChI is InChI=1S/C13H14O5/c1-3-17-12(14)10-6-8-4-5-9(16-2)7-11(8)18-13(10)15/h4-5,7,10H,3,6H2,1-2H3. The molecule has 0 aliphatic carbocycles. The van der Waals surface area contributed by atoms with Crippen molar-refractivity contribution in [3.63, 3.8) is 0 Å². The van der Waals surface area contributed by atoms with Crippen LogP contribution in [-0.2, 0) is 20.7 Å². The topological polar surface area (TPSA) is 61.8 Å². The van der Waals surface area contributed by atoms with Crippen LogP contribution in [0.25, 0.3) is 0 Å². The van der Waals surface area contributed by atoms with Crippen LogP contribution in [0.3, 0.4) is 0 Å². The van der Waals surface area contributed by atoms with Crippen LogP contribution in [0.5, 0.6) is 11.5 Å². The van der Waals surface area contributed by atoms with E-state index in [0.29, 0.717) is 17.9 Å².